The van der Waals surface area contributed by atoms with Gasteiger partial charge >= 0.3 is 0 Å². The van der Waals surface area contributed by atoms with Crippen molar-refractivity contribution in [1.82, 2.24) is 14.0 Å². The SMILES string of the molecule is N#CCOc1ccc(/C=N\NC(=O)[C@H]2CN(S(=O)(=O)c3ccccc3)CCN2S(=O)(=O)c2ccccc2)cc1. The van der Waals surface area contributed by atoms with Crippen LogP contribution in [0.4, 0.5) is 0 Å². The lowest BCUT2D eigenvalue weighted by atomic mass is 10.2. The number of nitrogens with zero attached hydrogens (tertiary/aromatic N) is 4. The molecule has 0 saturated carbocycles. The molecule has 0 bridgehead atoms. The standard InChI is InChI=1S/C26H25N5O6S2/c27-15-18-37-22-13-11-21(12-14-22)19-28-29-26(32)25-20-30(38(33,34)23-7-3-1-4-8-23)16-17-31(25)39(35,36)24-9-5-2-6-10-24/h1-14,19,25H,16-18,20H2,(H,29,32)/b28-19-/t25-/m1/s1. The molecular formula is C26H25N5O6S2. The Bertz CT molecular complexity index is 1570. The van der Waals surface area contributed by atoms with E-state index in [-0.39, 0.29) is 29.5 Å². The predicted octanol–water partition coefficient (Wildman–Crippen LogP) is 1.80. The van der Waals surface area contributed by atoms with E-state index in [1.54, 1.807) is 60.7 Å². The van der Waals surface area contributed by atoms with E-state index in [1.807, 2.05) is 6.07 Å². The lowest BCUT2D eigenvalue weighted by molar-refractivity contribution is -0.125. The Morgan fingerprint density at radius 1 is 0.923 bits per heavy atom. The first-order valence-corrected chi connectivity index (χ1v) is 14.7. The van der Waals surface area contributed by atoms with Gasteiger partial charge < -0.3 is 4.74 Å². The molecule has 1 fully saturated rings. The lowest BCUT2D eigenvalue weighted by Crippen LogP contribution is -2.60. The maximum absolute atomic E-state index is 13.4. The number of benzene rings is 3. The number of nitrogens with one attached hydrogen (secondary N) is 1. The number of carbonyl (C=O) groups is 1. The maximum atomic E-state index is 13.4. The Balaban J connectivity index is 1.57. The fourth-order valence-corrected chi connectivity index (χ4v) is 6.99. The van der Waals surface area contributed by atoms with Gasteiger partial charge in [0.2, 0.25) is 20.0 Å². The Labute approximate surface area is 227 Å². The van der Waals surface area contributed by atoms with Crippen LogP contribution in [0.2, 0.25) is 0 Å². The highest BCUT2D eigenvalue weighted by atomic mass is 32.2. The van der Waals surface area contributed by atoms with E-state index in [1.165, 1.54) is 30.5 Å². The highest BCUT2D eigenvalue weighted by Gasteiger charge is 2.43. The molecule has 1 amide bonds. The average Bonchev–Trinajstić information content (AvgIpc) is 2.97. The van der Waals surface area contributed by atoms with Gasteiger partial charge in [0, 0.05) is 19.6 Å². The van der Waals surface area contributed by atoms with Gasteiger partial charge in [0.25, 0.3) is 5.91 Å². The summed E-state index contributed by atoms with van der Waals surface area (Å²) in [6.45, 7) is -0.842. The van der Waals surface area contributed by atoms with Crippen molar-refractivity contribution in [3.63, 3.8) is 0 Å². The van der Waals surface area contributed by atoms with Gasteiger partial charge in [-0.2, -0.15) is 19.0 Å². The van der Waals surface area contributed by atoms with Crippen LogP contribution >= 0.6 is 0 Å². The third kappa shape index (κ3) is 6.50. The van der Waals surface area contributed by atoms with Crippen molar-refractivity contribution in [3.05, 3.63) is 90.5 Å². The molecule has 0 unspecified atom stereocenters. The number of hydrazone groups is 1. The maximum Gasteiger partial charge on any atom is 0.259 e. The predicted molar refractivity (Wildman–Crippen MR) is 143 cm³/mol. The molecule has 0 radical (unpaired) electrons. The van der Waals surface area contributed by atoms with Crippen LogP contribution in [-0.4, -0.2) is 69.9 Å². The molecule has 1 aliphatic heterocycles. The van der Waals surface area contributed by atoms with Gasteiger partial charge in [-0.05, 0) is 54.1 Å². The van der Waals surface area contributed by atoms with Crippen LogP contribution in [0.3, 0.4) is 0 Å². The van der Waals surface area contributed by atoms with Gasteiger partial charge in [-0.15, -0.1) is 0 Å². The smallest absolute Gasteiger partial charge is 0.259 e. The van der Waals surface area contributed by atoms with E-state index in [4.69, 9.17) is 10.00 Å². The Morgan fingerprint density at radius 3 is 2.10 bits per heavy atom. The number of amides is 1. The Hall–Kier alpha value is -4.09. The van der Waals surface area contributed by atoms with Gasteiger partial charge in [-0.3, -0.25) is 4.79 Å². The summed E-state index contributed by atoms with van der Waals surface area (Å²) in [6.07, 6.45) is 1.35. The molecule has 1 N–H and O–H groups in total. The number of nitriles is 1. The molecule has 0 aromatic heterocycles. The van der Waals surface area contributed by atoms with Crippen molar-refractivity contribution in [2.24, 2.45) is 5.10 Å². The summed E-state index contributed by atoms with van der Waals surface area (Å²) in [5, 5.41) is 12.5. The summed E-state index contributed by atoms with van der Waals surface area (Å²) in [7, 11) is -8.09. The van der Waals surface area contributed by atoms with Crippen molar-refractivity contribution in [3.8, 4) is 11.8 Å². The summed E-state index contributed by atoms with van der Waals surface area (Å²) >= 11 is 0. The number of rotatable bonds is 9. The van der Waals surface area contributed by atoms with Gasteiger partial charge in [0.15, 0.2) is 6.61 Å². The minimum atomic E-state index is -4.12. The zero-order valence-electron chi connectivity index (χ0n) is 20.6. The van der Waals surface area contributed by atoms with E-state index >= 15 is 0 Å². The molecular weight excluding hydrogens is 542 g/mol. The molecule has 3 aromatic rings. The van der Waals surface area contributed by atoms with Crippen molar-refractivity contribution in [1.29, 1.82) is 5.26 Å². The Morgan fingerprint density at radius 2 is 1.51 bits per heavy atom. The van der Waals surface area contributed by atoms with Crippen LogP contribution in [0.15, 0.2) is 99.8 Å². The molecule has 1 saturated heterocycles. The first kappa shape index (κ1) is 27.9. The van der Waals surface area contributed by atoms with Crippen LogP contribution in [-0.2, 0) is 24.8 Å². The zero-order chi connectivity index (χ0) is 27.9. The topological polar surface area (TPSA) is 149 Å². The fraction of sp³-hybridized carbons (Fsp3) is 0.192. The summed E-state index contributed by atoms with van der Waals surface area (Å²) in [6, 6.07) is 22.4. The molecule has 0 aliphatic carbocycles. The minimum Gasteiger partial charge on any atom is -0.479 e. The van der Waals surface area contributed by atoms with E-state index < -0.39 is 38.5 Å². The van der Waals surface area contributed by atoms with Crippen LogP contribution in [0.1, 0.15) is 5.56 Å². The Kier molecular flexibility index (Phi) is 8.72. The molecule has 202 valence electrons. The quantitative estimate of drug-likeness (QED) is 0.306. The third-order valence-corrected chi connectivity index (χ3v) is 9.70. The number of hydrogen-bond acceptors (Lipinski definition) is 8. The summed E-state index contributed by atoms with van der Waals surface area (Å²) in [5.74, 6) is -0.297. The van der Waals surface area contributed by atoms with Gasteiger partial charge in [0.05, 0.1) is 16.0 Å². The van der Waals surface area contributed by atoms with Crippen LogP contribution in [0, 0.1) is 11.3 Å². The first-order valence-electron chi connectivity index (χ1n) is 11.8. The molecule has 13 heteroatoms. The van der Waals surface area contributed by atoms with Crippen LogP contribution in [0.25, 0.3) is 0 Å². The van der Waals surface area contributed by atoms with Crippen molar-refractivity contribution in [2.45, 2.75) is 15.8 Å². The van der Waals surface area contributed by atoms with Crippen molar-refractivity contribution >= 4 is 32.2 Å². The summed E-state index contributed by atoms with van der Waals surface area (Å²) in [4.78, 5) is 13.3. The summed E-state index contributed by atoms with van der Waals surface area (Å²) < 4.78 is 60.7. The van der Waals surface area contributed by atoms with Crippen molar-refractivity contribution in [2.75, 3.05) is 26.2 Å². The van der Waals surface area contributed by atoms with Gasteiger partial charge in [0.1, 0.15) is 17.9 Å². The minimum absolute atomic E-state index is 0.00984. The second-order valence-corrected chi connectivity index (χ2v) is 12.2. The number of hydrogen-bond donors (Lipinski definition) is 1. The molecule has 1 aliphatic rings. The highest BCUT2D eigenvalue weighted by Crippen LogP contribution is 2.25. The number of sulfonamides is 2. The van der Waals surface area contributed by atoms with Crippen LogP contribution < -0.4 is 10.2 Å². The van der Waals surface area contributed by atoms with Crippen LogP contribution in [0.5, 0.6) is 5.75 Å². The second-order valence-electron chi connectivity index (χ2n) is 8.37. The van der Waals surface area contributed by atoms with Crippen molar-refractivity contribution < 1.29 is 26.4 Å². The second kappa shape index (κ2) is 12.2. The van der Waals surface area contributed by atoms with Gasteiger partial charge in [-0.25, -0.2) is 22.3 Å². The number of carbonyl (C=O) groups excluding carboxylic acids is 1. The lowest BCUT2D eigenvalue weighted by Gasteiger charge is -2.38. The van der Waals surface area contributed by atoms with E-state index in [9.17, 15) is 21.6 Å². The van der Waals surface area contributed by atoms with Gasteiger partial charge in [-0.1, -0.05) is 36.4 Å². The normalized spacial score (nSPS) is 16.9. The molecule has 1 heterocycles. The molecule has 3 aromatic carbocycles. The molecule has 0 spiro atoms. The molecule has 1 atom stereocenters. The largest absolute Gasteiger partial charge is 0.479 e. The zero-order valence-corrected chi connectivity index (χ0v) is 22.3. The first-order chi connectivity index (χ1) is 18.7. The summed E-state index contributed by atoms with van der Waals surface area (Å²) in [5.41, 5.74) is 2.95. The third-order valence-electron chi connectivity index (χ3n) is 5.90. The molecule has 39 heavy (non-hydrogen) atoms. The average molecular weight is 568 g/mol. The number of ether oxygens (including phenoxy) is 1. The van der Waals surface area contributed by atoms with E-state index in [0.717, 1.165) is 8.61 Å². The highest BCUT2D eigenvalue weighted by molar-refractivity contribution is 7.89. The molecule has 11 nitrogen and oxygen atoms in total. The van der Waals surface area contributed by atoms with E-state index in [2.05, 4.69) is 10.5 Å². The van der Waals surface area contributed by atoms with E-state index in [0.29, 0.717) is 11.3 Å². The molecule has 4 rings (SSSR count). The fourth-order valence-electron chi connectivity index (χ4n) is 3.94. The number of piperazine rings is 1. The monoisotopic (exact) mass is 567 g/mol.